The van der Waals surface area contributed by atoms with Gasteiger partial charge in [-0.3, -0.25) is 4.68 Å². The molecule has 1 aliphatic heterocycles. The van der Waals surface area contributed by atoms with Crippen LogP contribution in [0.25, 0.3) is 10.6 Å². The summed E-state index contributed by atoms with van der Waals surface area (Å²) < 4.78 is 12.5. The van der Waals surface area contributed by atoms with Gasteiger partial charge in [-0.05, 0) is 35.9 Å². The van der Waals surface area contributed by atoms with E-state index in [0.29, 0.717) is 11.4 Å². The van der Waals surface area contributed by atoms with Gasteiger partial charge in [0.1, 0.15) is 10.6 Å². The first-order valence-corrected chi connectivity index (χ1v) is 7.76. The van der Waals surface area contributed by atoms with E-state index in [0.717, 1.165) is 27.6 Å². The van der Waals surface area contributed by atoms with Gasteiger partial charge in [0.25, 0.3) is 0 Å². The molecule has 0 aliphatic carbocycles. The van der Waals surface area contributed by atoms with Crippen LogP contribution in [0, 0.1) is 0 Å². The van der Waals surface area contributed by atoms with Gasteiger partial charge in [0.15, 0.2) is 11.5 Å². The largest absolute Gasteiger partial charge is 0.477 e. The summed E-state index contributed by atoms with van der Waals surface area (Å²) in [5.41, 5.74) is 1.82. The van der Waals surface area contributed by atoms with E-state index in [4.69, 9.17) is 14.6 Å². The Kier molecular flexibility index (Phi) is 3.27. The Labute approximate surface area is 135 Å². The summed E-state index contributed by atoms with van der Waals surface area (Å²) in [6.07, 6.45) is 1.88. The molecule has 0 atom stereocenters. The number of aromatic nitrogens is 2. The minimum Gasteiger partial charge on any atom is -0.477 e. The number of thiophene rings is 1. The normalized spacial score (nSPS) is 12.5. The van der Waals surface area contributed by atoms with Crippen molar-refractivity contribution < 1.29 is 19.4 Å². The van der Waals surface area contributed by atoms with E-state index in [2.05, 4.69) is 5.10 Å². The molecule has 0 amide bonds. The molecule has 0 unspecified atom stereocenters. The second-order valence-corrected chi connectivity index (χ2v) is 6.14. The Morgan fingerprint density at radius 1 is 1.22 bits per heavy atom. The van der Waals surface area contributed by atoms with Crippen molar-refractivity contribution in [3.63, 3.8) is 0 Å². The van der Waals surface area contributed by atoms with Crippen molar-refractivity contribution >= 4 is 17.3 Å². The Bertz CT molecular complexity index is 884. The molecular weight excluding hydrogens is 316 g/mol. The fourth-order valence-corrected chi connectivity index (χ4v) is 3.21. The van der Waals surface area contributed by atoms with Crippen LogP contribution < -0.4 is 9.47 Å². The monoisotopic (exact) mass is 328 g/mol. The van der Waals surface area contributed by atoms with Gasteiger partial charge in [0.2, 0.25) is 6.79 Å². The smallest absolute Gasteiger partial charge is 0.345 e. The molecule has 23 heavy (non-hydrogen) atoms. The van der Waals surface area contributed by atoms with Crippen LogP contribution in [0.15, 0.2) is 42.6 Å². The van der Waals surface area contributed by atoms with Crippen molar-refractivity contribution in [3.8, 4) is 22.1 Å². The molecule has 1 aliphatic rings. The average Bonchev–Trinajstić information content (AvgIpc) is 3.26. The van der Waals surface area contributed by atoms with Crippen molar-refractivity contribution in [2.75, 3.05) is 6.79 Å². The SMILES string of the molecule is O=C(O)c1ccc(-c2ccn(Cc3ccc4c(c3)OCO4)n2)s1. The highest BCUT2D eigenvalue weighted by Crippen LogP contribution is 2.33. The zero-order valence-corrected chi connectivity index (χ0v) is 12.7. The van der Waals surface area contributed by atoms with Gasteiger partial charge < -0.3 is 14.6 Å². The van der Waals surface area contributed by atoms with Gasteiger partial charge in [-0.25, -0.2) is 4.79 Å². The number of nitrogens with zero attached hydrogens (tertiary/aromatic N) is 2. The van der Waals surface area contributed by atoms with Gasteiger partial charge in [-0.1, -0.05) is 6.07 Å². The van der Waals surface area contributed by atoms with Crippen LogP contribution in [0.3, 0.4) is 0 Å². The molecule has 2 aromatic heterocycles. The highest BCUT2D eigenvalue weighted by atomic mass is 32.1. The molecule has 0 fully saturated rings. The van der Waals surface area contributed by atoms with Gasteiger partial charge in [0, 0.05) is 6.20 Å². The van der Waals surface area contributed by atoms with Crippen LogP contribution in [0.2, 0.25) is 0 Å². The summed E-state index contributed by atoms with van der Waals surface area (Å²) in [6, 6.07) is 11.1. The number of hydrogen-bond acceptors (Lipinski definition) is 5. The zero-order valence-electron chi connectivity index (χ0n) is 11.9. The van der Waals surface area contributed by atoms with E-state index < -0.39 is 5.97 Å². The molecule has 0 bridgehead atoms. The first-order valence-electron chi connectivity index (χ1n) is 6.94. The van der Waals surface area contributed by atoms with Crippen molar-refractivity contribution in [2.45, 2.75) is 6.54 Å². The number of hydrogen-bond donors (Lipinski definition) is 1. The third-order valence-corrected chi connectivity index (χ3v) is 4.59. The number of carboxylic acid groups (broad SMARTS) is 1. The third-order valence-electron chi connectivity index (χ3n) is 3.49. The summed E-state index contributed by atoms with van der Waals surface area (Å²) >= 11 is 1.22. The highest BCUT2D eigenvalue weighted by Gasteiger charge is 2.14. The summed E-state index contributed by atoms with van der Waals surface area (Å²) in [6.45, 7) is 0.864. The first-order chi connectivity index (χ1) is 11.2. The van der Waals surface area contributed by atoms with E-state index >= 15 is 0 Å². The molecule has 4 rings (SSSR count). The lowest BCUT2D eigenvalue weighted by Crippen LogP contribution is -2.00. The topological polar surface area (TPSA) is 73.6 Å². The van der Waals surface area contributed by atoms with Crippen LogP contribution in [-0.4, -0.2) is 27.6 Å². The Morgan fingerprint density at radius 3 is 2.91 bits per heavy atom. The minimum absolute atomic E-state index is 0.259. The highest BCUT2D eigenvalue weighted by molar-refractivity contribution is 7.17. The van der Waals surface area contributed by atoms with E-state index in [1.165, 1.54) is 11.3 Å². The van der Waals surface area contributed by atoms with E-state index in [-0.39, 0.29) is 6.79 Å². The molecule has 3 heterocycles. The molecule has 0 radical (unpaired) electrons. The fourth-order valence-electron chi connectivity index (χ4n) is 2.40. The summed E-state index contributed by atoms with van der Waals surface area (Å²) in [7, 11) is 0. The molecule has 6 nitrogen and oxygen atoms in total. The number of aromatic carboxylic acids is 1. The standard InChI is InChI=1S/C16H12N2O4S/c19-16(20)15-4-3-14(23-15)11-5-6-18(17-11)8-10-1-2-12-13(7-10)22-9-21-12/h1-7H,8-9H2,(H,19,20). The predicted octanol–water partition coefficient (Wildman–Crippen LogP) is 3.09. The lowest BCUT2D eigenvalue weighted by atomic mass is 10.2. The number of carboxylic acids is 1. The molecule has 1 aromatic carbocycles. The van der Waals surface area contributed by atoms with Gasteiger partial charge in [-0.2, -0.15) is 5.10 Å². The molecule has 1 N–H and O–H groups in total. The third kappa shape index (κ3) is 2.66. The van der Waals surface area contributed by atoms with E-state index in [1.54, 1.807) is 12.1 Å². The van der Waals surface area contributed by atoms with Crippen LogP contribution in [0.4, 0.5) is 0 Å². The van der Waals surface area contributed by atoms with E-state index in [1.807, 2.05) is 35.1 Å². The van der Waals surface area contributed by atoms with Crippen LogP contribution >= 0.6 is 11.3 Å². The maximum atomic E-state index is 10.9. The van der Waals surface area contributed by atoms with Crippen LogP contribution in [-0.2, 0) is 6.54 Å². The summed E-state index contributed by atoms with van der Waals surface area (Å²) in [4.78, 5) is 12.1. The van der Waals surface area contributed by atoms with Crippen molar-refractivity contribution in [1.29, 1.82) is 0 Å². The van der Waals surface area contributed by atoms with Crippen LogP contribution in [0.5, 0.6) is 11.5 Å². The molecule has 116 valence electrons. The number of ether oxygens (including phenoxy) is 2. The lowest BCUT2D eigenvalue weighted by Gasteiger charge is -2.03. The number of carbonyl (C=O) groups is 1. The fraction of sp³-hybridized carbons (Fsp3) is 0.125. The van der Waals surface area contributed by atoms with Crippen molar-refractivity contribution in [3.05, 3.63) is 53.0 Å². The number of rotatable bonds is 4. The minimum atomic E-state index is -0.916. The van der Waals surface area contributed by atoms with Crippen molar-refractivity contribution in [1.82, 2.24) is 9.78 Å². The summed E-state index contributed by atoms with van der Waals surface area (Å²) in [5, 5.41) is 13.5. The number of benzene rings is 1. The second-order valence-electron chi connectivity index (χ2n) is 5.06. The molecule has 0 saturated carbocycles. The Balaban J connectivity index is 1.54. The summed E-state index contributed by atoms with van der Waals surface area (Å²) in [5.74, 6) is 0.593. The maximum Gasteiger partial charge on any atom is 0.345 e. The molecule has 0 spiro atoms. The Morgan fingerprint density at radius 2 is 2.09 bits per heavy atom. The molecule has 0 saturated heterocycles. The lowest BCUT2D eigenvalue weighted by molar-refractivity contribution is 0.0702. The Hall–Kier alpha value is -2.80. The second kappa shape index (κ2) is 5.44. The maximum absolute atomic E-state index is 10.9. The zero-order chi connectivity index (χ0) is 15.8. The van der Waals surface area contributed by atoms with Gasteiger partial charge in [0.05, 0.1) is 11.4 Å². The molecule has 7 heteroatoms. The predicted molar refractivity (Wildman–Crippen MR) is 84.2 cm³/mol. The average molecular weight is 328 g/mol. The van der Waals surface area contributed by atoms with Crippen molar-refractivity contribution in [2.24, 2.45) is 0 Å². The molecule has 3 aromatic rings. The van der Waals surface area contributed by atoms with E-state index in [9.17, 15) is 4.79 Å². The quantitative estimate of drug-likeness (QED) is 0.797. The van der Waals surface area contributed by atoms with Gasteiger partial charge >= 0.3 is 5.97 Å². The van der Waals surface area contributed by atoms with Gasteiger partial charge in [-0.15, -0.1) is 11.3 Å². The number of fused-ring (bicyclic) bond motifs is 1. The van der Waals surface area contributed by atoms with Crippen LogP contribution in [0.1, 0.15) is 15.2 Å². The first kappa shape index (κ1) is 13.8. The molecular formula is C16H12N2O4S.